The molecule has 0 spiro atoms. The topological polar surface area (TPSA) is 59.5 Å². The maximum absolute atomic E-state index is 14.8. The van der Waals surface area contributed by atoms with E-state index in [0.717, 1.165) is 29.5 Å². The van der Waals surface area contributed by atoms with Crippen LogP contribution >= 0.6 is 0 Å². The third kappa shape index (κ3) is 6.11. The first-order valence-electron chi connectivity index (χ1n) is 12.9. The summed E-state index contributed by atoms with van der Waals surface area (Å²) in [4.78, 5) is 4.28. The Morgan fingerprint density at radius 1 is 1.03 bits per heavy atom. The van der Waals surface area contributed by atoms with Crippen molar-refractivity contribution < 1.29 is 30.7 Å². The van der Waals surface area contributed by atoms with Crippen molar-refractivity contribution in [3.05, 3.63) is 82.3 Å². The molecule has 2 heterocycles. The van der Waals surface area contributed by atoms with Gasteiger partial charge in [0.2, 0.25) is 15.9 Å². The number of piperidine rings is 1. The number of hydrogen-bond acceptors (Lipinski definition) is 4. The lowest BCUT2D eigenvalue weighted by Gasteiger charge is -2.30. The second kappa shape index (κ2) is 10.5. The highest BCUT2D eigenvalue weighted by atomic mass is 32.2. The predicted molar refractivity (Wildman–Crippen MR) is 140 cm³/mol. The zero-order valence-electron chi connectivity index (χ0n) is 21.8. The number of aromatic nitrogens is 1. The second-order valence-corrected chi connectivity index (χ2v) is 12.6. The van der Waals surface area contributed by atoms with Crippen LogP contribution in [0, 0.1) is 11.7 Å². The van der Waals surface area contributed by atoms with E-state index in [4.69, 9.17) is 4.74 Å². The molecule has 2 aromatic carbocycles. The Hall–Kier alpha value is -2.98. The van der Waals surface area contributed by atoms with E-state index >= 15 is 0 Å². The molecule has 0 bridgehead atoms. The second-order valence-electron chi connectivity index (χ2n) is 10.6. The highest BCUT2D eigenvalue weighted by Crippen LogP contribution is 2.40. The van der Waals surface area contributed by atoms with Crippen LogP contribution < -0.4 is 4.74 Å². The monoisotopic (exact) mass is 562 g/mol. The van der Waals surface area contributed by atoms with Crippen molar-refractivity contribution in [3.8, 4) is 17.0 Å². The van der Waals surface area contributed by atoms with Gasteiger partial charge in [-0.25, -0.2) is 22.1 Å². The van der Waals surface area contributed by atoms with E-state index < -0.39 is 27.6 Å². The molecule has 39 heavy (non-hydrogen) atoms. The first-order chi connectivity index (χ1) is 18.4. The maximum atomic E-state index is 14.8. The Bertz CT molecular complexity index is 1470. The summed E-state index contributed by atoms with van der Waals surface area (Å²) in [7, 11) is -3.25. The highest BCUT2D eigenvalue weighted by molar-refractivity contribution is 7.88. The average molecular weight is 563 g/mol. The van der Waals surface area contributed by atoms with Crippen molar-refractivity contribution in [3.63, 3.8) is 0 Å². The average Bonchev–Trinajstić information content (AvgIpc) is 3.26. The maximum Gasteiger partial charge on any atom is 0.417 e. The molecule has 10 heteroatoms. The van der Waals surface area contributed by atoms with Gasteiger partial charge in [-0.05, 0) is 77.5 Å². The van der Waals surface area contributed by atoms with Crippen molar-refractivity contribution in [2.45, 2.75) is 51.3 Å². The van der Waals surface area contributed by atoms with E-state index in [2.05, 4.69) is 11.9 Å². The van der Waals surface area contributed by atoms with E-state index in [1.807, 2.05) is 6.07 Å². The Labute approximate surface area is 225 Å². The molecule has 1 fully saturated rings. The third-order valence-electron chi connectivity index (χ3n) is 7.68. The van der Waals surface area contributed by atoms with Crippen LogP contribution in [0.25, 0.3) is 11.1 Å². The van der Waals surface area contributed by atoms with Crippen molar-refractivity contribution in [2.24, 2.45) is 5.92 Å². The van der Waals surface area contributed by atoms with Crippen LogP contribution in [-0.2, 0) is 35.6 Å². The lowest BCUT2D eigenvalue weighted by Crippen LogP contribution is -2.37. The number of halogens is 4. The molecule has 2 aliphatic rings. The molecule has 3 aromatic rings. The first kappa shape index (κ1) is 27.6. The standard InChI is InChI=1S/C29H30F4N2O3S/c1-18-11-22-14-28(34-16-23(22)12-18)38-17-24-13-25(26(15-27(24)30)29(31,32)33)21-5-3-19(4-6-21)20-7-9-35(10-8-20)39(2,36)37/h3-6,13-16,18,20H,7-12,17H2,1-2H3. The van der Waals surface area contributed by atoms with Gasteiger partial charge < -0.3 is 4.74 Å². The van der Waals surface area contributed by atoms with Gasteiger partial charge in [-0.2, -0.15) is 13.2 Å². The number of ether oxygens (including phenoxy) is 1. The first-order valence-corrected chi connectivity index (χ1v) is 14.8. The molecule has 0 amide bonds. The summed E-state index contributed by atoms with van der Waals surface area (Å²) in [6.45, 7) is 2.70. The van der Waals surface area contributed by atoms with Gasteiger partial charge in [0.25, 0.3) is 0 Å². The minimum Gasteiger partial charge on any atom is -0.473 e. The zero-order chi connectivity index (χ0) is 27.9. The van der Waals surface area contributed by atoms with Crippen LogP contribution in [0.15, 0.2) is 48.7 Å². The Morgan fingerprint density at radius 2 is 1.69 bits per heavy atom. The smallest absolute Gasteiger partial charge is 0.417 e. The number of hydrogen-bond donors (Lipinski definition) is 0. The van der Waals surface area contributed by atoms with E-state index in [-0.39, 0.29) is 23.7 Å². The number of benzene rings is 2. The van der Waals surface area contributed by atoms with Gasteiger partial charge in [0.05, 0.1) is 11.8 Å². The lowest BCUT2D eigenvalue weighted by atomic mass is 9.88. The van der Waals surface area contributed by atoms with Crippen molar-refractivity contribution >= 4 is 10.0 Å². The molecule has 0 N–H and O–H groups in total. The molecule has 1 aromatic heterocycles. The van der Waals surface area contributed by atoms with Crippen LogP contribution in [0.3, 0.4) is 0 Å². The molecule has 1 aliphatic carbocycles. The van der Waals surface area contributed by atoms with E-state index in [1.165, 1.54) is 16.6 Å². The fraction of sp³-hybridized carbons (Fsp3) is 0.414. The van der Waals surface area contributed by atoms with Gasteiger partial charge in [-0.15, -0.1) is 0 Å². The Balaban J connectivity index is 1.37. The summed E-state index contributed by atoms with van der Waals surface area (Å²) in [6.07, 6.45) is 1.30. The van der Waals surface area contributed by atoms with E-state index in [0.29, 0.717) is 49.4 Å². The van der Waals surface area contributed by atoms with Crippen molar-refractivity contribution in [1.82, 2.24) is 9.29 Å². The molecule has 1 aliphatic heterocycles. The lowest BCUT2D eigenvalue weighted by molar-refractivity contribution is -0.137. The van der Waals surface area contributed by atoms with Crippen LogP contribution in [-0.4, -0.2) is 37.1 Å². The van der Waals surface area contributed by atoms with Crippen LogP contribution in [0.4, 0.5) is 17.6 Å². The van der Waals surface area contributed by atoms with Crippen molar-refractivity contribution in [1.29, 1.82) is 0 Å². The molecular weight excluding hydrogens is 532 g/mol. The molecule has 0 saturated carbocycles. The van der Waals surface area contributed by atoms with Crippen LogP contribution in [0.5, 0.6) is 5.88 Å². The molecule has 1 atom stereocenters. The summed E-state index contributed by atoms with van der Waals surface area (Å²) in [5.74, 6) is -0.0529. The van der Waals surface area contributed by atoms with Gasteiger partial charge in [-0.3, -0.25) is 0 Å². The number of rotatable bonds is 6. The molecule has 0 radical (unpaired) electrons. The van der Waals surface area contributed by atoms with Crippen LogP contribution in [0.1, 0.15) is 53.5 Å². The summed E-state index contributed by atoms with van der Waals surface area (Å²) in [6, 6.07) is 10.3. The number of sulfonamides is 1. The summed E-state index contributed by atoms with van der Waals surface area (Å²) < 4.78 is 87.2. The Kier molecular flexibility index (Phi) is 7.45. The fourth-order valence-corrected chi connectivity index (χ4v) is 6.46. The van der Waals surface area contributed by atoms with Crippen molar-refractivity contribution in [2.75, 3.05) is 19.3 Å². The van der Waals surface area contributed by atoms with Gasteiger partial charge >= 0.3 is 6.18 Å². The molecule has 208 valence electrons. The molecule has 1 saturated heterocycles. The van der Waals surface area contributed by atoms with Gasteiger partial charge in [0.15, 0.2) is 0 Å². The number of fused-ring (bicyclic) bond motifs is 1. The fourth-order valence-electron chi connectivity index (χ4n) is 5.59. The quantitative estimate of drug-likeness (QED) is 0.328. The zero-order valence-corrected chi connectivity index (χ0v) is 22.6. The summed E-state index contributed by atoms with van der Waals surface area (Å²) in [5.41, 5.74) is 2.35. The number of nitrogens with zero attached hydrogens (tertiary/aromatic N) is 2. The van der Waals surface area contributed by atoms with E-state index in [1.54, 1.807) is 30.5 Å². The number of alkyl halides is 3. The highest BCUT2D eigenvalue weighted by Gasteiger charge is 2.35. The minimum atomic E-state index is -4.75. The molecular formula is C29H30F4N2O3S. The number of pyridine rings is 1. The molecule has 5 rings (SSSR count). The molecule has 5 nitrogen and oxygen atoms in total. The molecule has 1 unspecified atom stereocenters. The largest absolute Gasteiger partial charge is 0.473 e. The predicted octanol–water partition coefficient (Wildman–Crippen LogP) is 6.36. The minimum absolute atomic E-state index is 0.00545. The van der Waals surface area contributed by atoms with Crippen LogP contribution in [0.2, 0.25) is 0 Å². The van der Waals surface area contributed by atoms with Gasteiger partial charge in [0, 0.05) is 30.9 Å². The summed E-state index contributed by atoms with van der Waals surface area (Å²) in [5, 5.41) is 0. The normalized spacial score (nSPS) is 18.8. The Morgan fingerprint density at radius 3 is 2.33 bits per heavy atom. The summed E-state index contributed by atoms with van der Waals surface area (Å²) >= 11 is 0. The van der Waals surface area contributed by atoms with E-state index in [9.17, 15) is 26.0 Å². The van der Waals surface area contributed by atoms with Gasteiger partial charge in [-0.1, -0.05) is 31.2 Å². The van der Waals surface area contributed by atoms with Gasteiger partial charge in [0.1, 0.15) is 12.4 Å². The third-order valence-corrected chi connectivity index (χ3v) is 8.98. The SMILES string of the molecule is CC1Cc2cnc(OCc3cc(-c4ccc(C5CCN(S(C)(=O)=O)CC5)cc4)c(C(F)(F)F)cc3F)cc2C1.